The van der Waals surface area contributed by atoms with E-state index in [2.05, 4.69) is 28.5 Å². The molecule has 23 heavy (non-hydrogen) atoms. The van der Waals surface area contributed by atoms with Crippen LogP contribution in [0.3, 0.4) is 0 Å². The standard InChI is InChI=1S/C18H23N3O.HI/c1-22-17-9-5-8-16(14-17)11-13-21-18(19)20-12-10-15-6-3-2-4-7-15;/h2-9,14H,10-13H2,1H3,(H3,19,20,21);1H. The Bertz CT molecular complexity index is 602. The Morgan fingerprint density at radius 2 is 1.78 bits per heavy atom. The van der Waals surface area contributed by atoms with Gasteiger partial charge in [0.15, 0.2) is 5.96 Å². The summed E-state index contributed by atoms with van der Waals surface area (Å²) in [6.07, 6.45) is 1.78. The number of guanidine groups is 1. The molecule has 124 valence electrons. The number of rotatable bonds is 7. The molecule has 0 spiro atoms. The monoisotopic (exact) mass is 425 g/mol. The van der Waals surface area contributed by atoms with E-state index in [0.29, 0.717) is 12.5 Å². The highest BCUT2D eigenvalue weighted by Crippen LogP contribution is 2.12. The number of benzene rings is 2. The van der Waals surface area contributed by atoms with Crippen LogP contribution in [0.15, 0.2) is 59.6 Å². The van der Waals surface area contributed by atoms with E-state index in [9.17, 15) is 0 Å². The molecule has 2 rings (SSSR count). The number of hydrogen-bond acceptors (Lipinski definition) is 2. The van der Waals surface area contributed by atoms with Gasteiger partial charge in [-0.25, -0.2) is 0 Å². The Morgan fingerprint density at radius 1 is 1.04 bits per heavy atom. The molecule has 0 fully saturated rings. The summed E-state index contributed by atoms with van der Waals surface area (Å²) >= 11 is 0. The van der Waals surface area contributed by atoms with E-state index < -0.39 is 0 Å². The van der Waals surface area contributed by atoms with Crippen molar-refractivity contribution in [1.29, 1.82) is 0 Å². The maximum atomic E-state index is 5.87. The van der Waals surface area contributed by atoms with Gasteiger partial charge in [0, 0.05) is 13.1 Å². The van der Waals surface area contributed by atoms with Gasteiger partial charge in [0.25, 0.3) is 0 Å². The van der Waals surface area contributed by atoms with Crippen LogP contribution in [-0.4, -0.2) is 26.2 Å². The van der Waals surface area contributed by atoms with Gasteiger partial charge in [0.05, 0.1) is 7.11 Å². The number of nitrogens with one attached hydrogen (secondary N) is 1. The number of halogens is 1. The van der Waals surface area contributed by atoms with Crippen LogP contribution in [0.5, 0.6) is 5.75 Å². The van der Waals surface area contributed by atoms with Crippen LogP contribution in [-0.2, 0) is 12.8 Å². The molecule has 0 aliphatic carbocycles. The third-order valence-corrected chi connectivity index (χ3v) is 3.38. The van der Waals surface area contributed by atoms with Crippen molar-refractivity contribution in [1.82, 2.24) is 5.32 Å². The number of ether oxygens (including phenoxy) is 1. The summed E-state index contributed by atoms with van der Waals surface area (Å²) in [5.74, 6) is 1.38. The summed E-state index contributed by atoms with van der Waals surface area (Å²) in [7, 11) is 1.68. The number of nitrogens with two attached hydrogens (primary N) is 1. The van der Waals surface area contributed by atoms with Crippen molar-refractivity contribution in [2.45, 2.75) is 12.8 Å². The van der Waals surface area contributed by atoms with Crippen molar-refractivity contribution in [2.75, 3.05) is 20.2 Å². The van der Waals surface area contributed by atoms with Crippen LogP contribution in [0.25, 0.3) is 0 Å². The first-order chi connectivity index (χ1) is 10.8. The van der Waals surface area contributed by atoms with Crippen molar-refractivity contribution in [2.24, 2.45) is 10.7 Å². The largest absolute Gasteiger partial charge is 0.497 e. The van der Waals surface area contributed by atoms with Gasteiger partial charge >= 0.3 is 0 Å². The molecule has 0 amide bonds. The van der Waals surface area contributed by atoms with Gasteiger partial charge in [-0.1, -0.05) is 42.5 Å². The van der Waals surface area contributed by atoms with E-state index in [-0.39, 0.29) is 24.0 Å². The van der Waals surface area contributed by atoms with Crippen LogP contribution in [0.1, 0.15) is 11.1 Å². The number of methoxy groups -OCH3 is 1. The minimum atomic E-state index is 0. The fourth-order valence-electron chi connectivity index (χ4n) is 2.17. The van der Waals surface area contributed by atoms with Crippen molar-refractivity contribution >= 4 is 29.9 Å². The van der Waals surface area contributed by atoms with E-state index in [1.54, 1.807) is 7.11 Å². The molecule has 2 aromatic carbocycles. The Kier molecular flexibility index (Phi) is 9.12. The van der Waals surface area contributed by atoms with E-state index in [1.807, 2.05) is 36.4 Å². The third-order valence-electron chi connectivity index (χ3n) is 3.38. The predicted molar refractivity (Wildman–Crippen MR) is 107 cm³/mol. The summed E-state index contributed by atoms with van der Waals surface area (Å²) in [4.78, 5) is 4.34. The van der Waals surface area contributed by atoms with Crippen LogP contribution in [0, 0.1) is 0 Å². The highest BCUT2D eigenvalue weighted by atomic mass is 127. The van der Waals surface area contributed by atoms with Gasteiger partial charge in [-0.15, -0.1) is 24.0 Å². The van der Waals surface area contributed by atoms with E-state index in [4.69, 9.17) is 10.5 Å². The maximum Gasteiger partial charge on any atom is 0.188 e. The zero-order valence-electron chi connectivity index (χ0n) is 13.4. The first-order valence-electron chi connectivity index (χ1n) is 7.48. The van der Waals surface area contributed by atoms with Gasteiger partial charge in [0.1, 0.15) is 5.75 Å². The van der Waals surface area contributed by atoms with Gasteiger partial charge < -0.3 is 15.8 Å². The molecule has 0 bridgehead atoms. The lowest BCUT2D eigenvalue weighted by Crippen LogP contribution is -2.33. The molecular formula is C18H24IN3O. The average molecular weight is 425 g/mol. The smallest absolute Gasteiger partial charge is 0.188 e. The van der Waals surface area contributed by atoms with Gasteiger partial charge in [-0.2, -0.15) is 0 Å². The van der Waals surface area contributed by atoms with Crippen LogP contribution >= 0.6 is 24.0 Å². The molecule has 0 aliphatic rings. The summed E-state index contributed by atoms with van der Waals surface area (Å²) in [6, 6.07) is 18.3. The summed E-state index contributed by atoms with van der Waals surface area (Å²) < 4.78 is 5.21. The van der Waals surface area contributed by atoms with Gasteiger partial charge in [0.2, 0.25) is 0 Å². The molecule has 2 aromatic rings. The molecule has 0 heterocycles. The molecular weight excluding hydrogens is 401 g/mol. The van der Waals surface area contributed by atoms with E-state index in [0.717, 1.165) is 25.1 Å². The molecule has 0 saturated carbocycles. The van der Waals surface area contributed by atoms with E-state index >= 15 is 0 Å². The lowest BCUT2D eigenvalue weighted by atomic mass is 10.1. The number of nitrogens with zero attached hydrogens (tertiary/aromatic N) is 1. The zero-order valence-corrected chi connectivity index (χ0v) is 15.7. The number of aliphatic imine (C=N–C) groups is 1. The highest BCUT2D eigenvalue weighted by molar-refractivity contribution is 14.0. The predicted octanol–water partition coefficient (Wildman–Crippen LogP) is 3.00. The minimum Gasteiger partial charge on any atom is -0.497 e. The third kappa shape index (κ3) is 7.36. The fourth-order valence-corrected chi connectivity index (χ4v) is 2.17. The van der Waals surface area contributed by atoms with Crippen LogP contribution in [0.2, 0.25) is 0 Å². The second-order valence-electron chi connectivity index (χ2n) is 5.03. The first kappa shape index (κ1) is 19.3. The molecule has 4 nitrogen and oxygen atoms in total. The fraction of sp³-hybridized carbons (Fsp3) is 0.278. The van der Waals surface area contributed by atoms with Crippen LogP contribution in [0.4, 0.5) is 0 Å². The molecule has 0 radical (unpaired) electrons. The molecule has 0 aromatic heterocycles. The topological polar surface area (TPSA) is 59.6 Å². The Labute approximate surface area is 155 Å². The summed E-state index contributed by atoms with van der Waals surface area (Å²) in [5, 5.41) is 3.14. The van der Waals surface area contributed by atoms with Gasteiger partial charge in [-0.05, 0) is 36.1 Å². The SMILES string of the molecule is COc1cccc(CCNC(N)=NCCc2ccccc2)c1.I. The molecule has 3 N–H and O–H groups in total. The van der Waals surface area contributed by atoms with Crippen molar-refractivity contribution in [3.63, 3.8) is 0 Å². The molecule has 0 saturated heterocycles. The van der Waals surface area contributed by atoms with Gasteiger partial charge in [-0.3, -0.25) is 4.99 Å². The first-order valence-corrected chi connectivity index (χ1v) is 7.48. The second-order valence-corrected chi connectivity index (χ2v) is 5.03. The molecule has 0 atom stereocenters. The highest BCUT2D eigenvalue weighted by Gasteiger charge is 1.97. The van der Waals surface area contributed by atoms with Crippen LogP contribution < -0.4 is 15.8 Å². The normalized spacial score (nSPS) is 10.7. The second kappa shape index (κ2) is 10.9. The Balaban J connectivity index is 0.00000264. The quantitative estimate of drug-likeness (QED) is 0.408. The van der Waals surface area contributed by atoms with Crippen molar-refractivity contribution in [3.05, 3.63) is 65.7 Å². The average Bonchev–Trinajstić information content (AvgIpc) is 2.56. The maximum absolute atomic E-state index is 5.87. The molecule has 0 aliphatic heterocycles. The Morgan fingerprint density at radius 3 is 2.52 bits per heavy atom. The summed E-state index contributed by atoms with van der Waals surface area (Å²) in [6.45, 7) is 1.45. The van der Waals surface area contributed by atoms with Crippen molar-refractivity contribution in [3.8, 4) is 5.75 Å². The lowest BCUT2D eigenvalue weighted by molar-refractivity contribution is 0.414. The van der Waals surface area contributed by atoms with Crippen molar-refractivity contribution < 1.29 is 4.74 Å². The summed E-state index contributed by atoms with van der Waals surface area (Å²) in [5.41, 5.74) is 8.36. The van der Waals surface area contributed by atoms with E-state index in [1.165, 1.54) is 11.1 Å². The lowest BCUT2D eigenvalue weighted by Gasteiger charge is -2.07. The minimum absolute atomic E-state index is 0. The number of hydrogen-bond donors (Lipinski definition) is 2. The molecule has 0 unspecified atom stereocenters. The Hall–Kier alpha value is -1.76. The molecule has 5 heteroatoms. The zero-order chi connectivity index (χ0) is 15.6.